The van der Waals surface area contributed by atoms with E-state index in [4.69, 9.17) is 5.26 Å². The standard InChI is InChI=1S/C16H15N5O4S/c17-12-13-5-6-18-16(11-13)19-7-9-20(10-8-19)26(24,25)15-4-2-1-3-14(15)21(22)23/h1-6,11H,7-10H2. The number of benzene rings is 1. The number of para-hydroxylation sites is 1. The van der Waals surface area contributed by atoms with E-state index < -0.39 is 20.6 Å². The van der Waals surface area contributed by atoms with Crippen LogP contribution in [0.2, 0.25) is 0 Å². The second kappa shape index (κ2) is 7.07. The molecule has 1 fully saturated rings. The van der Waals surface area contributed by atoms with E-state index >= 15 is 0 Å². The van der Waals surface area contributed by atoms with Crippen LogP contribution >= 0.6 is 0 Å². The van der Waals surface area contributed by atoms with E-state index in [-0.39, 0.29) is 18.0 Å². The fourth-order valence-electron chi connectivity index (χ4n) is 2.78. The number of rotatable bonds is 4. The Hall–Kier alpha value is -3.03. The number of pyridine rings is 1. The van der Waals surface area contributed by atoms with Crippen molar-refractivity contribution in [2.75, 3.05) is 31.1 Å². The van der Waals surface area contributed by atoms with Crippen LogP contribution in [0.5, 0.6) is 0 Å². The molecule has 9 nitrogen and oxygen atoms in total. The molecule has 1 aromatic carbocycles. The molecule has 0 N–H and O–H groups in total. The fraction of sp³-hybridized carbons (Fsp3) is 0.250. The van der Waals surface area contributed by atoms with Gasteiger partial charge in [0.15, 0.2) is 4.90 Å². The van der Waals surface area contributed by atoms with Crippen molar-refractivity contribution >= 4 is 21.5 Å². The minimum Gasteiger partial charge on any atom is -0.354 e. The first kappa shape index (κ1) is 17.8. The summed E-state index contributed by atoms with van der Waals surface area (Å²) in [6.07, 6.45) is 1.53. The number of hydrogen-bond acceptors (Lipinski definition) is 7. The molecule has 134 valence electrons. The lowest BCUT2D eigenvalue weighted by Crippen LogP contribution is -2.49. The van der Waals surface area contributed by atoms with Crippen molar-refractivity contribution in [3.05, 3.63) is 58.3 Å². The van der Waals surface area contributed by atoms with Crippen molar-refractivity contribution in [1.29, 1.82) is 5.26 Å². The van der Waals surface area contributed by atoms with E-state index in [2.05, 4.69) is 4.98 Å². The highest BCUT2D eigenvalue weighted by Gasteiger charge is 2.33. The lowest BCUT2D eigenvalue weighted by Gasteiger charge is -2.34. The summed E-state index contributed by atoms with van der Waals surface area (Å²) in [6, 6.07) is 10.6. The number of hydrogen-bond donors (Lipinski definition) is 0. The summed E-state index contributed by atoms with van der Waals surface area (Å²) in [5, 5.41) is 20.1. The van der Waals surface area contributed by atoms with Crippen molar-refractivity contribution in [3.8, 4) is 6.07 Å². The van der Waals surface area contributed by atoms with Gasteiger partial charge in [-0.25, -0.2) is 13.4 Å². The highest BCUT2D eigenvalue weighted by atomic mass is 32.2. The Balaban J connectivity index is 1.79. The Labute approximate surface area is 150 Å². The average molecular weight is 373 g/mol. The fourth-order valence-corrected chi connectivity index (χ4v) is 4.36. The number of nitrogens with zero attached hydrogens (tertiary/aromatic N) is 5. The maximum atomic E-state index is 12.8. The van der Waals surface area contributed by atoms with Crippen molar-refractivity contribution < 1.29 is 13.3 Å². The van der Waals surface area contributed by atoms with Crippen LogP contribution < -0.4 is 4.90 Å². The van der Waals surface area contributed by atoms with Crippen LogP contribution in [0.1, 0.15) is 5.56 Å². The smallest absolute Gasteiger partial charge is 0.289 e. The first-order valence-electron chi connectivity index (χ1n) is 7.78. The third-order valence-corrected chi connectivity index (χ3v) is 6.06. The molecule has 1 aliphatic rings. The van der Waals surface area contributed by atoms with Gasteiger partial charge in [-0.1, -0.05) is 12.1 Å². The van der Waals surface area contributed by atoms with Crippen molar-refractivity contribution in [1.82, 2.24) is 9.29 Å². The first-order chi connectivity index (χ1) is 12.4. The van der Waals surface area contributed by atoms with E-state index in [1.165, 1.54) is 34.8 Å². The molecule has 1 aromatic heterocycles. The quantitative estimate of drug-likeness (QED) is 0.586. The molecule has 2 heterocycles. The molecule has 2 aromatic rings. The summed E-state index contributed by atoms with van der Waals surface area (Å²) >= 11 is 0. The third kappa shape index (κ3) is 3.35. The van der Waals surface area contributed by atoms with Crippen LogP contribution in [0, 0.1) is 21.4 Å². The largest absolute Gasteiger partial charge is 0.354 e. The van der Waals surface area contributed by atoms with Gasteiger partial charge in [0.05, 0.1) is 16.6 Å². The van der Waals surface area contributed by atoms with Crippen LogP contribution in [0.3, 0.4) is 0 Å². The Morgan fingerprint density at radius 2 is 1.85 bits per heavy atom. The predicted molar refractivity (Wildman–Crippen MR) is 93.0 cm³/mol. The Morgan fingerprint density at radius 1 is 1.15 bits per heavy atom. The molecule has 26 heavy (non-hydrogen) atoms. The number of nitro groups is 1. The normalized spacial score (nSPS) is 15.4. The van der Waals surface area contributed by atoms with Gasteiger partial charge in [0.25, 0.3) is 5.69 Å². The zero-order valence-electron chi connectivity index (χ0n) is 13.6. The minimum atomic E-state index is -3.96. The van der Waals surface area contributed by atoms with Gasteiger partial charge >= 0.3 is 0 Å². The number of piperazine rings is 1. The molecule has 1 aliphatic heterocycles. The van der Waals surface area contributed by atoms with Crippen molar-refractivity contribution in [3.63, 3.8) is 0 Å². The molecule has 10 heteroatoms. The Kier molecular flexibility index (Phi) is 4.83. The van der Waals surface area contributed by atoms with Crippen molar-refractivity contribution in [2.45, 2.75) is 4.90 Å². The minimum absolute atomic E-state index is 0.173. The number of nitriles is 1. The summed E-state index contributed by atoms with van der Waals surface area (Å²) in [5.41, 5.74) is 0.0447. The van der Waals surface area contributed by atoms with Gasteiger partial charge < -0.3 is 4.90 Å². The summed E-state index contributed by atoms with van der Waals surface area (Å²) in [7, 11) is -3.96. The van der Waals surface area contributed by atoms with E-state index in [0.29, 0.717) is 24.5 Å². The highest BCUT2D eigenvalue weighted by molar-refractivity contribution is 7.89. The van der Waals surface area contributed by atoms with Crippen molar-refractivity contribution in [2.24, 2.45) is 0 Å². The molecule has 0 saturated carbocycles. The maximum absolute atomic E-state index is 12.8. The van der Waals surface area contributed by atoms with Crippen LogP contribution in [0.25, 0.3) is 0 Å². The number of anilines is 1. The topological polar surface area (TPSA) is 120 Å². The van der Waals surface area contributed by atoms with Gasteiger partial charge in [-0.2, -0.15) is 9.57 Å². The molecular weight excluding hydrogens is 358 g/mol. The van der Waals surface area contributed by atoms with E-state index in [1.807, 2.05) is 11.0 Å². The van der Waals surface area contributed by atoms with E-state index in [9.17, 15) is 18.5 Å². The molecule has 0 spiro atoms. The average Bonchev–Trinajstić information content (AvgIpc) is 2.68. The second-order valence-electron chi connectivity index (χ2n) is 5.63. The Morgan fingerprint density at radius 3 is 2.50 bits per heavy atom. The summed E-state index contributed by atoms with van der Waals surface area (Å²) in [6.45, 7) is 1.10. The molecule has 0 radical (unpaired) electrons. The second-order valence-corrected chi connectivity index (χ2v) is 7.54. The van der Waals surface area contributed by atoms with E-state index in [1.54, 1.807) is 12.1 Å². The van der Waals surface area contributed by atoms with Gasteiger partial charge in [0.1, 0.15) is 5.82 Å². The lowest BCUT2D eigenvalue weighted by atomic mass is 10.2. The number of sulfonamides is 1. The zero-order chi connectivity index (χ0) is 18.7. The summed E-state index contributed by atoms with van der Waals surface area (Å²) < 4.78 is 26.8. The molecule has 0 bridgehead atoms. The van der Waals surface area contributed by atoms with E-state index in [0.717, 1.165) is 0 Å². The zero-order valence-corrected chi connectivity index (χ0v) is 14.5. The van der Waals surface area contributed by atoms with Crippen LogP contribution in [0.4, 0.5) is 11.5 Å². The monoisotopic (exact) mass is 373 g/mol. The highest BCUT2D eigenvalue weighted by Crippen LogP contribution is 2.27. The molecule has 0 amide bonds. The van der Waals surface area contributed by atoms with Gasteiger partial charge in [-0.05, 0) is 18.2 Å². The third-order valence-electron chi connectivity index (χ3n) is 4.12. The maximum Gasteiger partial charge on any atom is 0.289 e. The molecule has 1 saturated heterocycles. The Bertz CT molecular complexity index is 978. The molecule has 0 unspecified atom stereocenters. The molecule has 3 rings (SSSR count). The first-order valence-corrected chi connectivity index (χ1v) is 9.22. The summed E-state index contributed by atoms with van der Waals surface area (Å²) in [4.78, 5) is 16.2. The summed E-state index contributed by atoms with van der Waals surface area (Å²) in [5.74, 6) is 0.604. The van der Waals surface area contributed by atoms with Gasteiger partial charge in [-0.15, -0.1) is 0 Å². The van der Waals surface area contributed by atoms with Gasteiger partial charge in [0.2, 0.25) is 10.0 Å². The lowest BCUT2D eigenvalue weighted by molar-refractivity contribution is -0.387. The predicted octanol–water partition coefficient (Wildman–Crippen LogP) is 1.37. The van der Waals surface area contributed by atoms with Crippen LogP contribution in [-0.4, -0.2) is 48.8 Å². The molecule has 0 aliphatic carbocycles. The van der Waals surface area contributed by atoms with Gasteiger partial charge in [-0.3, -0.25) is 10.1 Å². The molecular formula is C16H15N5O4S. The van der Waals surface area contributed by atoms with Gasteiger partial charge in [0, 0.05) is 38.4 Å². The van der Waals surface area contributed by atoms with Crippen LogP contribution in [0.15, 0.2) is 47.5 Å². The number of aromatic nitrogens is 1. The van der Waals surface area contributed by atoms with Crippen LogP contribution in [-0.2, 0) is 10.0 Å². The SMILES string of the molecule is N#Cc1ccnc(N2CCN(S(=O)(=O)c3ccccc3[N+](=O)[O-])CC2)c1. The number of nitro benzene ring substituents is 1. The molecule has 0 atom stereocenters.